The fourth-order valence-corrected chi connectivity index (χ4v) is 4.69. The summed E-state index contributed by atoms with van der Waals surface area (Å²) in [5, 5.41) is 0. The lowest BCUT2D eigenvalue weighted by Crippen LogP contribution is -2.45. The summed E-state index contributed by atoms with van der Waals surface area (Å²) in [7, 11) is 2.22. The highest BCUT2D eigenvalue weighted by Gasteiger charge is 2.39. The summed E-state index contributed by atoms with van der Waals surface area (Å²) in [4.78, 5) is 17.2. The zero-order valence-electron chi connectivity index (χ0n) is 16.1. The van der Waals surface area contributed by atoms with E-state index in [0.717, 1.165) is 26.1 Å². The number of halogens is 1. The second kappa shape index (κ2) is 7.43. The molecule has 1 saturated heterocycles. The maximum Gasteiger partial charge on any atom is 0.162 e. The van der Waals surface area contributed by atoms with Crippen LogP contribution in [0.1, 0.15) is 46.7 Å². The van der Waals surface area contributed by atoms with Crippen LogP contribution in [0.4, 0.5) is 10.1 Å². The fraction of sp³-hybridized carbons (Fsp3) is 0.435. The Kier molecular flexibility index (Phi) is 5.00. The van der Waals surface area contributed by atoms with E-state index < -0.39 is 0 Å². The molecule has 2 aromatic rings. The van der Waals surface area contributed by atoms with E-state index in [2.05, 4.69) is 42.0 Å². The number of carbonyl (C=O) groups excluding carboxylic acids is 1. The number of ketones is 1. The first-order valence-corrected chi connectivity index (χ1v) is 9.87. The van der Waals surface area contributed by atoms with Gasteiger partial charge in [-0.1, -0.05) is 17.7 Å². The number of likely N-dealkylation sites (N-methyl/N-ethyl adjacent to an activating group) is 1. The number of nitrogens with zero attached hydrogens (tertiary/aromatic N) is 2. The van der Waals surface area contributed by atoms with E-state index in [1.807, 2.05) is 0 Å². The van der Waals surface area contributed by atoms with Gasteiger partial charge >= 0.3 is 0 Å². The number of benzene rings is 2. The van der Waals surface area contributed by atoms with Crippen LogP contribution < -0.4 is 4.90 Å². The minimum absolute atomic E-state index is 0.103. The number of fused-ring (bicyclic) bond motifs is 3. The monoisotopic (exact) mass is 366 g/mol. The van der Waals surface area contributed by atoms with Crippen molar-refractivity contribution in [2.75, 3.05) is 31.6 Å². The Morgan fingerprint density at radius 2 is 1.96 bits per heavy atom. The van der Waals surface area contributed by atoms with E-state index in [0.29, 0.717) is 23.9 Å². The number of Topliss-reactive ketones (excluding diaryl/α,β-unsaturated/α-hetero) is 1. The fourth-order valence-electron chi connectivity index (χ4n) is 4.69. The predicted octanol–water partition coefficient (Wildman–Crippen LogP) is 4.40. The molecule has 0 spiro atoms. The standard InChI is InChI=1S/C23H27FN2O/c1-16-5-10-21-19(14-16)20-15-26(13-11-22(20)25(21)2)12-3-4-23(27)17-6-8-18(24)9-7-17/h5-10,14,20,22H,3-4,11-13,15H2,1-2H3/t20-,22-/m1/s1. The van der Waals surface area contributed by atoms with Crippen LogP contribution in [-0.4, -0.2) is 43.4 Å². The molecule has 4 rings (SSSR count). The molecule has 3 nitrogen and oxygen atoms in total. The number of likely N-dealkylation sites (tertiary alicyclic amines) is 1. The van der Waals surface area contributed by atoms with Crippen molar-refractivity contribution in [2.24, 2.45) is 0 Å². The van der Waals surface area contributed by atoms with Crippen molar-refractivity contribution in [3.8, 4) is 0 Å². The summed E-state index contributed by atoms with van der Waals surface area (Å²) in [6.07, 6.45) is 2.54. The minimum Gasteiger partial charge on any atom is -0.371 e. The predicted molar refractivity (Wildman–Crippen MR) is 107 cm³/mol. The SMILES string of the molecule is Cc1ccc2c(c1)[C@H]1CN(CCCC(=O)c3ccc(F)cc3)CC[C@H]1N2C. The number of rotatable bonds is 5. The lowest BCUT2D eigenvalue weighted by Gasteiger charge is -2.37. The summed E-state index contributed by atoms with van der Waals surface area (Å²) in [5.41, 5.74) is 4.79. The van der Waals surface area contributed by atoms with Gasteiger partial charge < -0.3 is 9.80 Å². The molecule has 2 aliphatic rings. The zero-order valence-corrected chi connectivity index (χ0v) is 16.1. The lowest BCUT2D eigenvalue weighted by molar-refractivity contribution is 0.0971. The second-order valence-electron chi connectivity index (χ2n) is 7.97. The smallest absolute Gasteiger partial charge is 0.162 e. The molecule has 0 aromatic heterocycles. The summed E-state index contributed by atoms with van der Waals surface area (Å²) >= 11 is 0. The molecular weight excluding hydrogens is 339 g/mol. The molecule has 27 heavy (non-hydrogen) atoms. The summed E-state index contributed by atoms with van der Waals surface area (Å²) in [5.74, 6) is 0.365. The largest absolute Gasteiger partial charge is 0.371 e. The number of piperidine rings is 1. The van der Waals surface area contributed by atoms with Gasteiger partial charge in [0.15, 0.2) is 5.78 Å². The number of hydrogen-bond donors (Lipinski definition) is 0. The Labute approximate surface area is 160 Å². The van der Waals surface area contributed by atoms with E-state index in [1.54, 1.807) is 12.1 Å². The molecule has 1 fully saturated rings. The second-order valence-corrected chi connectivity index (χ2v) is 7.97. The van der Waals surface area contributed by atoms with Gasteiger partial charge in [-0.2, -0.15) is 0 Å². The Morgan fingerprint density at radius 1 is 1.19 bits per heavy atom. The number of carbonyl (C=O) groups is 1. The van der Waals surface area contributed by atoms with Gasteiger partial charge in [0.1, 0.15) is 5.82 Å². The average Bonchev–Trinajstić information content (AvgIpc) is 2.94. The molecule has 0 radical (unpaired) electrons. The molecule has 0 unspecified atom stereocenters. The third kappa shape index (κ3) is 3.63. The third-order valence-corrected chi connectivity index (χ3v) is 6.16. The van der Waals surface area contributed by atoms with E-state index in [4.69, 9.17) is 0 Å². The van der Waals surface area contributed by atoms with Crippen LogP contribution in [0.3, 0.4) is 0 Å². The lowest BCUT2D eigenvalue weighted by atomic mass is 9.88. The van der Waals surface area contributed by atoms with Gasteiger partial charge in [0.05, 0.1) is 0 Å². The molecule has 0 saturated carbocycles. The average molecular weight is 366 g/mol. The number of aryl methyl sites for hydroxylation is 1. The molecule has 4 heteroatoms. The van der Waals surface area contributed by atoms with E-state index >= 15 is 0 Å². The van der Waals surface area contributed by atoms with Gasteiger partial charge in [-0.05, 0) is 62.2 Å². The van der Waals surface area contributed by atoms with Crippen molar-refractivity contribution < 1.29 is 9.18 Å². The summed E-state index contributed by atoms with van der Waals surface area (Å²) in [6.45, 7) is 5.26. The number of anilines is 1. The zero-order chi connectivity index (χ0) is 19.0. The van der Waals surface area contributed by atoms with E-state index in [-0.39, 0.29) is 11.6 Å². The molecule has 2 atom stereocenters. The third-order valence-electron chi connectivity index (χ3n) is 6.16. The van der Waals surface area contributed by atoms with Gasteiger partial charge in [0.25, 0.3) is 0 Å². The maximum atomic E-state index is 13.0. The molecule has 0 N–H and O–H groups in total. The molecule has 2 aromatic carbocycles. The van der Waals surface area contributed by atoms with Crippen LogP contribution in [0, 0.1) is 12.7 Å². The van der Waals surface area contributed by atoms with Crippen molar-refractivity contribution in [1.29, 1.82) is 0 Å². The van der Waals surface area contributed by atoms with Gasteiger partial charge in [-0.15, -0.1) is 0 Å². The van der Waals surface area contributed by atoms with Gasteiger partial charge in [0, 0.05) is 49.8 Å². The maximum absolute atomic E-state index is 13.0. The van der Waals surface area contributed by atoms with Gasteiger partial charge in [0.2, 0.25) is 0 Å². The molecule has 142 valence electrons. The molecule has 2 aliphatic heterocycles. The van der Waals surface area contributed by atoms with Crippen molar-refractivity contribution in [3.05, 3.63) is 65.0 Å². The Bertz CT molecular complexity index is 833. The topological polar surface area (TPSA) is 23.6 Å². The first-order valence-electron chi connectivity index (χ1n) is 9.87. The van der Waals surface area contributed by atoms with Crippen LogP contribution in [0.5, 0.6) is 0 Å². The highest BCUT2D eigenvalue weighted by atomic mass is 19.1. The number of hydrogen-bond acceptors (Lipinski definition) is 3. The van der Waals surface area contributed by atoms with Crippen molar-refractivity contribution in [2.45, 2.75) is 38.1 Å². The van der Waals surface area contributed by atoms with E-state index in [9.17, 15) is 9.18 Å². The first-order chi connectivity index (χ1) is 13.0. The van der Waals surface area contributed by atoms with Crippen molar-refractivity contribution >= 4 is 11.5 Å². The van der Waals surface area contributed by atoms with Crippen LogP contribution in [0.25, 0.3) is 0 Å². The molecule has 0 bridgehead atoms. The van der Waals surface area contributed by atoms with Crippen LogP contribution in [0.2, 0.25) is 0 Å². The highest BCUT2D eigenvalue weighted by Crippen LogP contribution is 2.44. The van der Waals surface area contributed by atoms with Crippen LogP contribution in [0.15, 0.2) is 42.5 Å². The van der Waals surface area contributed by atoms with Crippen molar-refractivity contribution in [1.82, 2.24) is 4.90 Å². The van der Waals surface area contributed by atoms with Crippen molar-refractivity contribution in [3.63, 3.8) is 0 Å². The summed E-state index contributed by atoms with van der Waals surface area (Å²) in [6, 6.07) is 13.3. The quantitative estimate of drug-likeness (QED) is 0.733. The van der Waals surface area contributed by atoms with E-state index in [1.165, 1.54) is 35.4 Å². The first kappa shape index (κ1) is 18.2. The Morgan fingerprint density at radius 3 is 2.74 bits per heavy atom. The highest BCUT2D eigenvalue weighted by molar-refractivity contribution is 5.95. The molecule has 0 aliphatic carbocycles. The van der Waals surface area contributed by atoms with Crippen LogP contribution >= 0.6 is 0 Å². The van der Waals surface area contributed by atoms with Gasteiger partial charge in [-0.25, -0.2) is 4.39 Å². The normalized spacial score (nSPS) is 21.8. The Hall–Kier alpha value is -2.20. The molecular formula is C23H27FN2O. The Balaban J connectivity index is 1.34. The summed E-state index contributed by atoms with van der Waals surface area (Å²) < 4.78 is 13.0. The van der Waals surface area contributed by atoms with Gasteiger partial charge in [-0.3, -0.25) is 4.79 Å². The molecule has 2 heterocycles. The molecule has 0 amide bonds. The van der Waals surface area contributed by atoms with Crippen LogP contribution in [-0.2, 0) is 0 Å². The minimum atomic E-state index is -0.300.